The summed E-state index contributed by atoms with van der Waals surface area (Å²) in [6.45, 7) is -2.22. The minimum Gasteiger partial charge on any atom is -0.481 e. The number of nitrogens with one attached hydrogen (secondary N) is 1. The minimum absolute atomic E-state index is 0.158. The first-order chi connectivity index (χ1) is 20.4. The van der Waals surface area contributed by atoms with E-state index >= 15 is 0 Å². The van der Waals surface area contributed by atoms with Gasteiger partial charge in [0.2, 0.25) is 5.91 Å². The standard InChI is InChI=1S/C21H31N4O18P/c22-10-1-2-25(20(37)23-10)18-16(34)15(33)9(41-18)6-40-44(38,39)43-21(19(35)36)4-7(27)13(24-11(29)3-12(30)31)17(42-21)14(32)8(28)5-26/h1-2,7-9,13-18,26-28,32-34H,3-6H2,(H,24,29)(H,30,31)(H,35,36)(H,38,39)(H2,22,23,37)/t7-,8-,9?,13-,14-,15-,16-,17?,18?,21-/m1/s1. The number of aliphatic hydroxyl groups excluding tert-OH is 6. The number of phosphoric ester groups is 1. The first-order valence-corrected chi connectivity index (χ1v) is 14.0. The largest absolute Gasteiger partial charge is 0.481 e. The van der Waals surface area contributed by atoms with Crippen molar-refractivity contribution >= 4 is 31.5 Å². The van der Waals surface area contributed by atoms with E-state index in [0.717, 1.165) is 10.8 Å². The van der Waals surface area contributed by atoms with Gasteiger partial charge in [0.1, 0.15) is 48.9 Å². The number of carboxylic acid groups (broad SMARTS) is 2. The van der Waals surface area contributed by atoms with E-state index in [1.807, 2.05) is 5.32 Å². The van der Waals surface area contributed by atoms with Crippen molar-refractivity contribution in [2.24, 2.45) is 0 Å². The third-order valence-electron chi connectivity index (χ3n) is 6.58. The lowest BCUT2D eigenvalue weighted by Crippen LogP contribution is -2.67. The van der Waals surface area contributed by atoms with Gasteiger partial charge in [0, 0.05) is 12.6 Å². The predicted octanol–water partition coefficient (Wildman–Crippen LogP) is -5.82. The van der Waals surface area contributed by atoms with Crippen molar-refractivity contribution in [2.45, 2.75) is 73.6 Å². The van der Waals surface area contributed by atoms with E-state index < -0.39 is 118 Å². The van der Waals surface area contributed by atoms with E-state index in [1.54, 1.807) is 0 Å². The average molecular weight is 658 g/mol. The number of carbonyl (C=O) groups is 3. The molecule has 3 rings (SSSR count). The van der Waals surface area contributed by atoms with Crippen LogP contribution in [-0.2, 0) is 37.5 Å². The molecule has 0 aliphatic carbocycles. The lowest BCUT2D eigenvalue weighted by Gasteiger charge is -2.46. The van der Waals surface area contributed by atoms with Crippen LogP contribution in [0.15, 0.2) is 17.1 Å². The van der Waals surface area contributed by atoms with Crippen molar-refractivity contribution in [3.63, 3.8) is 0 Å². The summed E-state index contributed by atoms with van der Waals surface area (Å²) < 4.78 is 33.6. The molecule has 1 aromatic heterocycles. The third kappa shape index (κ3) is 7.93. The summed E-state index contributed by atoms with van der Waals surface area (Å²) in [7, 11) is -5.61. The molecule has 3 heterocycles. The summed E-state index contributed by atoms with van der Waals surface area (Å²) >= 11 is 0. The van der Waals surface area contributed by atoms with Crippen LogP contribution in [0.1, 0.15) is 19.1 Å². The van der Waals surface area contributed by atoms with E-state index in [2.05, 4.69) is 4.98 Å². The fourth-order valence-corrected chi connectivity index (χ4v) is 5.41. The first-order valence-electron chi connectivity index (χ1n) is 12.5. The molecule has 0 saturated carbocycles. The van der Waals surface area contributed by atoms with Crippen LogP contribution in [0.2, 0.25) is 0 Å². The maximum Gasteiger partial charge on any atom is 0.475 e. The molecule has 0 aromatic carbocycles. The van der Waals surface area contributed by atoms with E-state index in [0.29, 0.717) is 0 Å². The summed E-state index contributed by atoms with van der Waals surface area (Å²) in [6.07, 6.45) is -16.8. The van der Waals surface area contributed by atoms with Crippen LogP contribution in [-0.4, -0.2) is 141 Å². The van der Waals surface area contributed by atoms with Crippen LogP contribution in [0.4, 0.5) is 5.82 Å². The molecule has 11 atom stereocenters. The van der Waals surface area contributed by atoms with E-state index in [9.17, 15) is 64.4 Å². The number of phosphoric acid groups is 1. The zero-order chi connectivity index (χ0) is 33.1. The summed E-state index contributed by atoms with van der Waals surface area (Å²) in [5, 5.41) is 81.6. The van der Waals surface area contributed by atoms with E-state index in [1.165, 1.54) is 6.07 Å². The Morgan fingerprint density at radius 1 is 1.23 bits per heavy atom. The molecule has 44 heavy (non-hydrogen) atoms. The molecular formula is C21H31N4O18P. The molecule has 1 aromatic rings. The molecule has 2 aliphatic heterocycles. The van der Waals surface area contributed by atoms with Gasteiger partial charge in [0.25, 0.3) is 5.79 Å². The molecule has 0 spiro atoms. The number of rotatable bonds is 13. The van der Waals surface area contributed by atoms with Crippen molar-refractivity contribution < 1.29 is 83.2 Å². The van der Waals surface area contributed by atoms with Crippen LogP contribution in [0.5, 0.6) is 0 Å². The van der Waals surface area contributed by atoms with Gasteiger partial charge in [-0.1, -0.05) is 0 Å². The Hall–Kier alpha value is -3.12. The SMILES string of the molecule is Nc1ccn(C2OC(COP(=O)(O)O[C@@]3(C(=O)O)C[C@@H](O)[C@@H](NC(=O)CC(=O)O)C([C@H](O)[C@H](O)CO)O3)[C@@H](O)[C@H]2O)c(=O)n1. The molecule has 22 nitrogen and oxygen atoms in total. The number of carboxylic acids is 2. The van der Waals surface area contributed by atoms with Gasteiger partial charge in [-0.3, -0.25) is 18.7 Å². The predicted molar refractivity (Wildman–Crippen MR) is 135 cm³/mol. The number of amides is 1. The number of aromatic nitrogens is 2. The lowest BCUT2D eigenvalue weighted by atomic mass is 9.88. The summed E-state index contributed by atoms with van der Waals surface area (Å²) in [4.78, 5) is 61.0. The fraction of sp³-hybridized carbons (Fsp3) is 0.667. The van der Waals surface area contributed by atoms with Crippen LogP contribution >= 0.6 is 7.82 Å². The number of ether oxygens (including phenoxy) is 2. The molecule has 0 bridgehead atoms. The van der Waals surface area contributed by atoms with Crippen molar-refractivity contribution in [3.8, 4) is 0 Å². The highest BCUT2D eigenvalue weighted by Gasteiger charge is 2.59. The van der Waals surface area contributed by atoms with Gasteiger partial charge in [-0.15, -0.1) is 0 Å². The number of aliphatic hydroxyl groups is 6. The molecule has 2 fully saturated rings. The van der Waals surface area contributed by atoms with E-state index in [-0.39, 0.29) is 5.82 Å². The summed E-state index contributed by atoms with van der Waals surface area (Å²) in [5.41, 5.74) is 4.43. The number of anilines is 1. The highest BCUT2D eigenvalue weighted by molar-refractivity contribution is 7.47. The van der Waals surface area contributed by atoms with Gasteiger partial charge >= 0.3 is 25.5 Å². The van der Waals surface area contributed by atoms with Gasteiger partial charge in [-0.25, -0.2) is 18.7 Å². The van der Waals surface area contributed by atoms with Gasteiger partial charge < -0.3 is 66.3 Å². The van der Waals surface area contributed by atoms with Crippen molar-refractivity contribution in [3.05, 3.63) is 22.7 Å². The molecule has 2 aliphatic rings. The molecule has 12 N–H and O–H groups in total. The highest BCUT2D eigenvalue weighted by Crippen LogP contribution is 2.51. The zero-order valence-electron chi connectivity index (χ0n) is 22.3. The topological polar surface area (TPSA) is 360 Å². The van der Waals surface area contributed by atoms with Crippen molar-refractivity contribution in [1.82, 2.24) is 14.9 Å². The van der Waals surface area contributed by atoms with Gasteiger partial charge in [-0.2, -0.15) is 4.98 Å². The number of nitrogens with zero attached hydrogens (tertiary/aromatic N) is 2. The molecule has 4 unspecified atom stereocenters. The Balaban J connectivity index is 1.80. The third-order valence-corrected chi connectivity index (χ3v) is 7.58. The number of hydrogen-bond acceptors (Lipinski definition) is 17. The second-order valence-electron chi connectivity index (χ2n) is 9.76. The van der Waals surface area contributed by atoms with Crippen LogP contribution in [0.3, 0.4) is 0 Å². The molecular weight excluding hydrogens is 627 g/mol. The summed E-state index contributed by atoms with van der Waals surface area (Å²) in [6, 6.07) is -0.654. The molecule has 248 valence electrons. The van der Waals surface area contributed by atoms with Gasteiger partial charge in [-0.05, 0) is 6.07 Å². The van der Waals surface area contributed by atoms with E-state index in [4.69, 9.17) is 29.4 Å². The highest BCUT2D eigenvalue weighted by atomic mass is 31.2. The summed E-state index contributed by atoms with van der Waals surface area (Å²) in [5.74, 6) is -8.51. The van der Waals surface area contributed by atoms with Crippen LogP contribution in [0, 0.1) is 0 Å². The zero-order valence-corrected chi connectivity index (χ0v) is 23.2. The molecule has 2 saturated heterocycles. The van der Waals surface area contributed by atoms with Gasteiger partial charge in [0.05, 0.1) is 25.4 Å². The maximum absolute atomic E-state index is 12.9. The Morgan fingerprint density at radius 3 is 2.45 bits per heavy atom. The van der Waals surface area contributed by atoms with Crippen LogP contribution < -0.4 is 16.7 Å². The van der Waals surface area contributed by atoms with Crippen molar-refractivity contribution in [2.75, 3.05) is 18.9 Å². The molecule has 0 radical (unpaired) electrons. The Bertz CT molecular complexity index is 1330. The van der Waals surface area contributed by atoms with Gasteiger partial charge in [0.15, 0.2) is 6.23 Å². The Kier molecular flexibility index (Phi) is 11.2. The maximum atomic E-state index is 12.9. The first kappa shape index (κ1) is 35.4. The number of nitrogens with two attached hydrogens (primary N) is 1. The van der Waals surface area contributed by atoms with Crippen molar-refractivity contribution in [1.29, 1.82) is 0 Å². The normalized spacial score (nSPS) is 33.2. The monoisotopic (exact) mass is 658 g/mol. The number of hydrogen-bond donors (Lipinski definition) is 11. The number of aliphatic carboxylic acids is 2. The Labute approximate surface area is 245 Å². The molecule has 23 heteroatoms. The quantitative estimate of drug-likeness (QED) is 0.0694. The molecule has 1 amide bonds. The number of nitrogen functional groups attached to an aromatic ring is 1. The second kappa shape index (κ2) is 13.9. The van der Waals surface area contributed by atoms with Crippen LogP contribution in [0.25, 0.3) is 0 Å². The smallest absolute Gasteiger partial charge is 0.475 e. The Morgan fingerprint density at radius 2 is 1.89 bits per heavy atom. The lowest BCUT2D eigenvalue weighted by molar-refractivity contribution is -0.289. The average Bonchev–Trinajstić information content (AvgIpc) is 3.20. The fourth-order valence-electron chi connectivity index (χ4n) is 4.46. The second-order valence-corrected chi connectivity index (χ2v) is 11.1. The minimum atomic E-state index is -5.61. The number of carbonyl (C=O) groups excluding carboxylic acids is 1.